The highest BCUT2D eigenvalue weighted by molar-refractivity contribution is 6.16. The van der Waals surface area contributed by atoms with Crippen molar-refractivity contribution in [2.45, 2.75) is 38.2 Å². The molecule has 0 aliphatic carbocycles. The van der Waals surface area contributed by atoms with Gasteiger partial charge in [-0.25, -0.2) is 0 Å². The third kappa shape index (κ3) is 3.01. The van der Waals surface area contributed by atoms with E-state index in [9.17, 15) is 14.4 Å². The monoisotopic (exact) mass is 302 g/mol. The quantitative estimate of drug-likeness (QED) is 0.865. The lowest BCUT2D eigenvalue weighted by Gasteiger charge is -2.25. The van der Waals surface area contributed by atoms with Gasteiger partial charge in [-0.2, -0.15) is 0 Å². The molecule has 2 fully saturated rings. The number of carbonyl (C=O) groups is 3. The normalized spacial score (nSPS) is 22.0. The van der Waals surface area contributed by atoms with E-state index in [4.69, 9.17) is 4.74 Å². The molecule has 0 spiro atoms. The predicted molar refractivity (Wildman–Crippen MR) is 80.4 cm³/mol. The van der Waals surface area contributed by atoms with Crippen LogP contribution in [-0.4, -0.2) is 30.4 Å². The van der Waals surface area contributed by atoms with Crippen molar-refractivity contribution in [3.63, 3.8) is 0 Å². The summed E-state index contributed by atoms with van der Waals surface area (Å²) < 4.78 is 5.32. The van der Waals surface area contributed by atoms with Gasteiger partial charge < -0.3 is 10.1 Å². The predicted octanol–water partition coefficient (Wildman–Crippen LogP) is 1.85. The number of piperidine rings is 1. The van der Waals surface area contributed by atoms with Crippen molar-refractivity contribution in [2.24, 2.45) is 0 Å². The van der Waals surface area contributed by atoms with Crippen molar-refractivity contribution >= 4 is 29.1 Å². The van der Waals surface area contributed by atoms with E-state index in [1.165, 1.54) is 4.90 Å². The summed E-state index contributed by atoms with van der Waals surface area (Å²) in [5.74, 6) is -0.504. The van der Waals surface area contributed by atoms with Gasteiger partial charge >= 0.3 is 0 Å². The number of benzene rings is 1. The largest absolute Gasteiger partial charge is 0.368 e. The molecule has 3 amide bonds. The lowest BCUT2D eigenvalue weighted by molar-refractivity contribution is -0.129. The van der Waals surface area contributed by atoms with Crippen molar-refractivity contribution in [3.05, 3.63) is 24.3 Å². The minimum atomic E-state index is -0.384. The zero-order valence-corrected chi connectivity index (χ0v) is 12.2. The van der Waals surface area contributed by atoms with Crippen LogP contribution in [0.5, 0.6) is 0 Å². The van der Waals surface area contributed by atoms with Crippen LogP contribution in [0.2, 0.25) is 0 Å². The second-order valence-electron chi connectivity index (χ2n) is 5.51. The van der Waals surface area contributed by atoms with Gasteiger partial charge in [0.05, 0.1) is 5.69 Å². The smallest absolute Gasteiger partial charge is 0.253 e. The van der Waals surface area contributed by atoms with Crippen LogP contribution in [0.4, 0.5) is 11.4 Å². The molecular weight excluding hydrogens is 284 g/mol. The van der Waals surface area contributed by atoms with E-state index < -0.39 is 0 Å². The summed E-state index contributed by atoms with van der Waals surface area (Å²) in [5, 5.41) is 2.78. The molecule has 1 N–H and O–H groups in total. The van der Waals surface area contributed by atoms with E-state index in [0.717, 1.165) is 12.8 Å². The first-order chi connectivity index (χ1) is 10.6. The van der Waals surface area contributed by atoms with Gasteiger partial charge in [0.2, 0.25) is 11.8 Å². The Labute approximate surface area is 128 Å². The number of ether oxygens (including phenoxy) is 1. The van der Waals surface area contributed by atoms with E-state index in [1.807, 2.05) is 0 Å². The average molecular weight is 302 g/mol. The number of anilines is 2. The summed E-state index contributed by atoms with van der Waals surface area (Å²) in [6.45, 7) is 0.621. The van der Waals surface area contributed by atoms with Crippen molar-refractivity contribution in [1.29, 1.82) is 0 Å². The number of rotatable bonds is 3. The number of nitrogens with one attached hydrogen (secondary N) is 1. The second kappa shape index (κ2) is 6.27. The van der Waals surface area contributed by atoms with Crippen molar-refractivity contribution in [1.82, 2.24) is 0 Å². The Morgan fingerprint density at radius 2 is 1.77 bits per heavy atom. The molecule has 1 aromatic carbocycles. The first-order valence-electron chi connectivity index (χ1n) is 7.53. The van der Waals surface area contributed by atoms with Gasteiger partial charge in [0, 0.05) is 25.1 Å². The van der Waals surface area contributed by atoms with Crippen LogP contribution >= 0.6 is 0 Å². The summed E-state index contributed by atoms with van der Waals surface area (Å²) in [5.41, 5.74) is 1.17. The number of hydrogen-bond acceptors (Lipinski definition) is 4. The molecule has 0 bridgehead atoms. The third-order valence-corrected chi connectivity index (χ3v) is 3.90. The van der Waals surface area contributed by atoms with E-state index in [0.29, 0.717) is 37.2 Å². The van der Waals surface area contributed by atoms with Crippen LogP contribution < -0.4 is 10.2 Å². The summed E-state index contributed by atoms with van der Waals surface area (Å²) in [6.07, 6.45) is 2.65. The Morgan fingerprint density at radius 1 is 1.09 bits per heavy atom. The van der Waals surface area contributed by atoms with E-state index >= 15 is 0 Å². The zero-order chi connectivity index (χ0) is 15.5. The molecule has 2 heterocycles. The van der Waals surface area contributed by atoms with Crippen LogP contribution in [0.1, 0.15) is 32.1 Å². The molecule has 2 aliphatic heterocycles. The molecule has 1 aromatic rings. The Bertz CT molecular complexity index is 575. The molecule has 0 radical (unpaired) electrons. The van der Waals surface area contributed by atoms with Crippen molar-refractivity contribution in [2.75, 3.05) is 16.8 Å². The van der Waals surface area contributed by atoms with Gasteiger partial charge in [0.25, 0.3) is 5.91 Å². The van der Waals surface area contributed by atoms with Gasteiger partial charge in [0.15, 0.2) is 0 Å². The van der Waals surface area contributed by atoms with Crippen LogP contribution in [0, 0.1) is 0 Å². The maximum atomic E-state index is 12.0. The molecule has 22 heavy (non-hydrogen) atoms. The lowest BCUT2D eigenvalue weighted by atomic mass is 10.1. The number of nitrogens with zero attached hydrogens (tertiary/aromatic N) is 1. The van der Waals surface area contributed by atoms with E-state index in [2.05, 4.69) is 5.32 Å². The SMILES string of the molecule is O=C(Nc1ccc(N2C(=O)CCCC2=O)cc1)C1CCCO1. The van der Waals surface area contributed by atoms with Crippen LogP contribution in [0.15, 0.2) is 24.3 Å². The molecular formula is C16H18N2O4. The fourth-order valence-electron chi connectivity index (χ4n) is 2.74. The molecule has 116 valence electrons. The first kappa shape index (κ1) is 14.7. The Morgan fingerprint density at radius 3 is 2.36 bits per heavy atom. The number of amides is 3. The standard InChI is InChI=1S/C16H18N2O4/c19-14-4-1-5-15(20)18(14)12-8-6-11(7-9-12)17-16(21)13-3-2-10-22-13/h6-9,13H,1-5,10H2,(H,17,21). The molecule has 0 aromatic heterocycles. The molecule has 1 atom stereocenters. The van der Waals surface area contributed by atoms with Gasteiger partial charge in [-0.15, -0.1) is 0 Å². The number of imide groups is 1. The highest BCUT2D eigenvalue weighted by Crippen LogP contribution is 2.24. The van der Waals surface area contributed by atoms with E-state index in [-0.39, 0.29) is 23.8 Å². The van der Waals surface area contributed by atoms with Gasteiger partial charge in [-0.3, -0.25) is 19.3 Å². The maximum absolute atomic E-state index is 12.0. The fraction of sp³-hybridized carbons (Fsp3) is 0.438. The van der Waals surface area contributed by atoms with Crippen LogP contribution in [0.25, 0.3) is 0 Å². The summed E-state index contributed by atoms with van der Waals surface area (Å²) in [7, 11) is 0. The fourth-order valence-corrected chi connectivity index (χ4v) is 2.74. The molecule has 6 heteroatoms. The molecule has 2 aliphatic rings. The molecule has 1 unspecified atom stereocenters. The minimum absolute atomic E-state index is 0.157. The topological polar surface area (TPSA) is 75.7 Å². The Hall–Kier alpha value is -2.21. The molecule has 6 nitrogen and oxygen atoms in total. The van der Waals surface area contributed by atoms with Crippen LogP contribution in [0.3, 0.4) is 0 Å². The Kier molecular flexibility index (Phi) is 4.20. The molecule has 2 saturated heterocycles. The third-order valence-electron chi connectivity index (χ3n) is 3.90. The van der Waals surface area contributed by atoms with Gasteiger partial charge in [-0.1, -0.05) is 0 Å². The van der Waals surface area contributed by atoms with Crippen molar-refractivity contribution < 1.29 is 19.1 Å². The Balaban J connectivity index is 1.68. The number of carbonyl (C=O) groups excluding carboxylic acids is 3. The highest BCUT2D eigenvalue weighted by atomic mass is 16.5. The first-order valence-corrected chi connectivity index (χ1v) is 7.53. The van der Waals surface area contributed by atoms with Crippen molar-refractivity contribution in [3.8, 4) is 0 Å². The summed E-state index contributed by atoms with van der Waals surface area (Å²) in [4.78, 5) is 36.9. The van der Waals surface area contributed by atoms with Crippen LogP contribution in [-0.2, 0) is 19.1 Å². The van der Waals surface area contributed by atoms with Gasteiger partial charge in [-0.05, 0) is 43.5 Å². The summed E-state index contributed by atoms with van der Waals surface area (Å²) in [6, 6.07) is 6.73. The van der Waals surface area contributed by atoms with Gasteiger partial charge in [0.1, 0.15) is 6.10 Å². The number of hydrogen-bond donors (Lipinski definition) is 1. The lowest BCUT2D eigenvalue weighted by Crippen LogP contribution is -2.40. The highest BCUT2D eigenvalue weighted by Gasteiger charge is 2.27. The van der Waals surface area contributed by atoms with E-state index in [1.54, 1.807) is 24.3 Å². The zero-order valence-electron chi connectivity index (χ0n) is 12.2. The second-order valence-corrected chi connectivity index (χ2v) is 5.51. The maximum Gasteiger partial charge on any atom is 0.253 e. The molecule has 0 saturated carbocycles. The molecule has 3 rings (SSSR count). The minimum Gasteiger partial charge on any atom is -0.368 e. The average Bonchev–Trinajstić information content (AvgIpc) is 3.03. The summed E-state index contributed by atoms with van der Waals surface area (Å²) >= 11 is 0.